The van der Waals surface area contributed by atoms with Gasteiger partial charge in [-0.3, -0.25) is 9.13 Å². The highest BCUT2D eigenvalue weighted by atomic mass is 16.1. The fraction of sp³-hybridized carbons (Fsp3) is 0.116. The summed E-state index contributed by atoms with van der Waals surface area (Å²) < 4.78 is 3.36. The van der Waals surface area contributed by atoms with Crippen LogP contribution >= 0.6 is 0 Å². The molecule has 1 aliphatic rings. The summed E-state index contributed by atoms with van der Waals surface area (Å²) in [4.78, 5) is 27.7. The Morgan fingerprint density at radius 3 is 1.78 bits per heavy atom. The average Bonchev–Trinajstić information content (AvgIpc) is 3.50. The second-order valence-electron chi connectivity index (χ2n) is 13.5. The van der Waals surface area contributed by atoms with Crippen LogP contribution in [0.3, 0.4) is 0 Å². The van der Waals surface area contributed by atoms with Crippen LogP contribution in [0, 0.1) is 0 Å². The molecule has 49 heavy (non-hydrogen) atoms. The minimum atomic E-state index is -0.123. The van der Waals surface area contributed by atoms with Crippen LogP contribution in [-0.2, 0) is 19.5 Å². The van der Waals surface area contributed by atoms with Crippen molar-refractivity contribution in [3.05, 3.63) is 149 Å². The molecular weight excluding hydrogens is 603 g/mol. The lowest BCUT2D eigenvalue weighted by atomic mass is 9.82. The van der Waals surface area contributed by atoms with Crippen LogP contribution in [0.2, 0.25) is 0 Å². The van der Waals surface area contributed by atoms with Crippen LogP contribution < -0.4 is 5.69 Å². The van der Waals surface area contributed by atoms with Gasteiger partial charge in [0, 0.05) is 36.2 Å². The fourth-order valence-electron chi connectivity index (χ4n) is 7.45. The summed E-state index contributed by atoms with van der Waals surface area (Å²) in [6.07, 6.45) is 0. The minimum absolute atomic E-state index is 0.0426. The summed E-state index contributed by atoms with van der Waals surface area (Å²) in [5.41, 5.74) is 11.5. The van der Waals surface area contributed by atoms with Gasteiger partial charge in [-0.2, -0.15) is 0 Å². The summed E-state index contributed by atoms with van der Waals surface area (Å²) >= 11 is 0. The Bertz CT molecular complexity index is 2680. The first-order valence-electron chi connectivity index (χ1n) is 16.5. The van der Waals surface area contributed by atoms with Crippen LogP contribution in [0.15, 0.2) is 132 Å². The highest BCUT2D eigenvalue weighted by Gasteiger charge is 2.36. The summed E-state index contributed by atoms with van der Waals surface area (Å²) in [6, 6.07) is 44.4. The lowest BCUT2D eigenvalue weighted by molar-refractivity contribution is 0.661. The van der Waals surface area contributed by atoms with E-state index in [4.69, 9.17) is 15.0 Å². The van der Waals surface area contributed by atoms with Crippen molar-refractivity contribution in [1.82, 2.24) is 24.1 Å². The van der Waals surface area contributed by atoms with E-state index >= 15 is 0 Å². The molecule has 1 aliphatic carbocycles. The molecule has 0 amide bonds. The Labute approximate surface area is 284 Å². The number of aryl methyl sites for hydroxylation is 2. The number of hydrogen-bond acceptors (Lipinski definition) is 4. The molecule has 6 aromatic carbocycles. The minimum Gasteiger partial charge on any atom is -0.295 e. The molecule has 0 aliphatic heterocycles. The Balaban J connectivity index is 1.19. The number of rotatable bonds is 4. The number of imidazole rings is 1. The Hall–Kier alpha value is -6.14. The van der Waals surface area contributed by atoms with Crippen LogP contribution in [0.4, 0.5) is 0 Å². The van der Waals surface area contributed by atoms with E-state index in [1.165, 1.54) is 33.0 Å². The molecule has 0 N–H and O–H groups in total. The highest BCUT2D eigenvalue weighted by molar-refractivity contribution is 5.94. The van der Waals surface area contributed by atoms with Crippen molar-refractivity contribution in [3.63, 3.8) is 0 Å². The molecule has 236 valence electrons. The van der Waals surface area contributed by atoms with Crippen LogP contribution in [0.1, 0.15) is 25.0 Å². The van der Waals surface area contributed by atoms with Gasteiger partial charge in [0.05, 0.1) is 11.0 Å². The molecule has 0 bridgehead atoms. The summed E-state index contributed by atoms with van der Waals surface area (Å²) in [7, 11) is 3.61. The molecule has 0 saturated carbocycles. The van der Waals surface area contributed by atoms with Gasteiger partial charge >= 0.3 is 5.69 Å². The van der Waals surface area contributed by atoms with Gasteiger partial charge in [-0.05, 0) is 80.6 Å². The summed E-state index contributed by atoms with van der Waals surface area (Å²) in [5, 5.41) is 2.49. The lowest BCUT2D eigenvalue weighted by Gasteiger charge is -2.21. The van der Waals surface area contributed by atoms with Gasteiger partial charge in [-0.25, -0.2) is 19.7 Å². The zero-order valence-corrected chi connectivity index (χ0v) is 27.8. The number of aromatic nitrogens is 5. The van der Waals surface area contributed by atoms with E-state index in [9.17, 15) is 4.79 Å². The molecular formula is C43H33N5O. The first-order valence-corrected chi connectivity index (χ1v) is 16.5. The van der Waals surface area contributed by atoms with E-state index in [0.29, 0.717) is 17.5 Å². The van der Waals surface area contributed by atoms with Crippen molar-refractivity contribution >= 4 is 21.8 Å². The first-order chi connectivity index (χ1) is 23.8. The molecule has 9 rings (SSSR count). The van der Waals surface area contributed by atoms with Gasteiger partial charge < -0.3 is 0 Å². The van der Waals surface area contributed by atoms with E-state index in [-0.39, 0.29) is 11.1 Å². The Kier molecular flexibility index (Phi) is 6.33. The number of benzene rings is 6. The van der Waals surface area contributed by atoms with Crippen LogP contribution in [0.5, 0.6) is 0 Å². The Morgan fingerprint density at radius 1 is 0.469 bits per heavy atom. The molecule has 0 spiro atoms. The van der Waals surface area contributed by atoms with Crippen molar-refractivity contribution in [2.24, 2.45) is 14.1 Å². The van der Waals surface area contributed by atoms with Crippen molar-refractivity contribution < 1.29 is 0 Å². The van der Waals surface area contributed by atoms with Gasteiger partial charge in [-0.15, -0.1) is 0 Å². The van der Waals surface area contributed by atoms with Crippen molar-refractivity contribution in [3.8, 4) is 56.4 Å². The third-order valence-corrected chi connectivity index (χ3v) is 10.2. The molecule has 2 aromatic heterocycles. The van der Waals surface area contributed by atoms with Gasteiger partial charge in [0.2, 0.25) is 0 Å². The van der Waals surface area contributed by atoms with E-state index < -0.39 is 0 Å². The predicted octanol–water partition coefficient (Wildman–Crippen LogP) is 9.19. The molecule has 0 atom stereocenters. The van der Waals surface area contributed by atoms with E-state index in [1.807, 2.05) is 55.6 Å². The van der Waals surface area contributed by atoms with Gasteiger partial charge in [0.1, 0.15) is 0 Å². The summed E-state index contributed by atoms with van der Waals surface area (Å²) in [6.45, 7) is 4.62. The third-order valence-electron chi connectivity index (χ3n) is 10.2. The van der Waals surface area contributed by atoms with E-state index in [1.54, 1.807) is 16.2 Å². The molecule has 0 fully saturated rings. The second kappa shape index (κ2) is 10.7. The maximum absolute atomic E-state index is 12.6. The van der Waals surface area contributed by atoms with Crippen LogP contribution in [-0.4, -0.2) is 24.1 Å². The average molecular weight is 636 g/mol. The summed E-state index contributed by atoms with van der Waals surface area (Å²) in [5.74, 6) is 1.86. The number of hydrogen-bond donors (Lipinski definition) is 0. The third kappa shape index (κ3) is 4.55. The molecule has 0 radical (unpaired) electrons. The molecule has 6 nitrogen and oxygen atoms in total. The standard InChI is InChI=1S/C43H33N5O/c1-43(2)35-19-17-32(23-33(35)34-22-28-13-8-9-14-29(28)24-36(34)43)41-45-39(26-11-6-5-7-12-26)44-40(46-41)31-16-10-15-27(21-31)30-18-20-37-38(25-30)48(4)42(49)47(37)3/h5-25H,1-4H3. The topological polar surface area (TPSA) is 65.6 Å². The van der Waals surface area contributed by atoms with Crippen LogP contribution in [0.25, 0.3) is 78.2 Å². The van der Waals surface area contributed by atoms with Crippen molar-refractivity contribution in [2.45, 2.75) is 19.3 Å². The largest absolute Gasteiger partial charge is 0.328 e. The van der Waals surface area contributed by atoms with Crippen molar-refractivity contribution in [1.29, 1.82) is 0 Å². The van der Waals surface area contributed by atoms with Crippen molar-refractivity contribution in [2.75, 3.05) is 0 Å². The van der Waals surface area contributed by atoms with E-state index in [2.05, 4.69) is 92.7 Å². The molecule has 6 heteroatoms. The zero-order chi connectivity index (χ0) is 33.4. The SMILES string of the molecule is Cn1c(=O)n(C)c2cc(-c3cccc(-c4nc(-c5ccccc5)nc(-c5ccc6c(c5)-c5cc7ccccc7cc5C6(C)C)n4)c3)ccc21. The maximum Gasteiger partial charge on any atom is 0.328 e. The Morgan fingerprint density at radius 2 is 1.02 bits per heavy atom. The van der Waals surface area contributed by atoms with Gasteiger partial charge in [0.15, 0.2) is 17.5 Å². The number of nitrogens with zero attached hydrogens (tertiary/aromatic N) is 5. The normalized spacial score (nSPS) is 13.1. The van der Waals surface area contributed by atoms with Gasteiger partial charge in [0.25, 0.3) is 0 Å². The molecule has 0 saturated heterocycles. The zero-order valence-electron chi connectivity index (χ0n) is 27.8. The molecule has 2 heterocycles. The lowest BCUT2D eigenvalue weighted by Crippen LogP contribution is -2.19. The van der Waals surface area contributed by atoms with E-state index in [0.717, 1.165) is 38.9 Å². The smallest absolute Gasteiger partial charge is 0.295 e. The quantitative estimate of drug-likeness (QED) is 0.193. The first kappa shape index (κ1) is 29.0. The monoisotopic (exact) mass is 635 g/mol. The highest BCUT2D eigenvalue weighted by Crippen LogP contribution is 2.50. The number of fused-ring (bicyclic) bond motifs is 5. The maximum atomic E-state index is 12.6. The second-order valence-corrected chi connectivity index (χ2v) is 13.5. The fourth-order valence-corrected chi connectivity index (χ4v) is 7.45. The molecule has 8 aromatic rings. The predicted molar refractivity (Wildman–Crippen MR) is 198 cm³/mol. The molecule has 0 unspecified atom stereocenters. The van der Waals surface area contributed by atoms with Gasteiger partial charge in [-0.1, -0.05) is 105 Å².